The van der Waals surface area contributed by atoms with Crippen molar-refractivity contribution in [3.05, 3.63) is 12.7 Å². The summed E-state index contributed by atoms with van der Waals surface area (Å²) in [4.78, 5) is 24.6. The van der Waals surface area contributed by atoms with Crippen LogP contribution in [0.5, 0.6) is 0 Å². The van der Waals surface area contributed by atoms with E-state index in [4.69, 9.17) is 9.84 Å². The zero-order valence-corrected chi connectivity index (χ0v) is 12.3. The maximum atomic E-state index is 11.6. The van der Waals surface area contributed by atoms with Crippen LogP contribution in [0.1, 0.15) is 25.7 Å². The molecule has 2 aliphatic carbocycles. The molecule has 2 N–H and O–H groups in total. The van der Waals surface area contributed by atoms with Crippen LogP contribution in [-0.2, 0) is 14.3 Å². The van der Waals surface area contributed by atoms with E-state index >= 15 is 0 Å². The number of hydrogen-bond donors (Lipinski definition) is 2. The van der Waals surface area contributed by atoms with Gasteiger partial charge in [-0.15, -0.1) is 6.58 Å². The van der Waals surface area contributed by atoms with E-state index in [1.807, 2.05) is 0 Å². The van der Waals surface area contributed by atoms with Crippen LogP contribution in [0.3, 0.4) is 0 Å². The molecule has 0 heterocycles. The quantitative estimate of drug-likeness (QED) is 0.457. The molecule has 0 radical (unpaired) electrons. The third-order valence-corrected chi connectivity index (χ3v) is 3.99. The molecule has 6 nitrogen and oxygen atoms in total. The summed E-state index contributed by atoms with van der Waals surface area (Å²) in [7, 11) is 0. The molecule has 1 amide bonds. The Kier molecular flexibility index (Phi) is 5.76. The van der Waals surface area contributed by atoms with Gasteiger partial charge in [0, 0.05) is 18.6 Å². The third-order valence-electron chi connectivity index (χ3n) is 3.99. The Morgan fingerprint density at radius 2 is 2.10 bits per heavy atom. The molecule has 21 heavy (non-hydrogen) atoms. The molecule has 118 valence electrons. The van der Waals surface area contributed by atoms with Gasteiger partial charge in [-0.25, -0.2) is 0 Å². The smallest absolute Gasteiger partial charge is 0.317 e. The van der Waals surface area contributed by atoms with Crippen molar-refractivity contribution < 1.29 is 19.4 Å². The lowest BCUT2D eigenvalue weighted by Gasteiger charge is -2.42. The number of aliphatic carboxylic acids is 1. The number of rotatable bonds is 10. The summed E-state index contributed by atoms with van der Waals surface area (Å²) >= 11 is 0. The molecule has 0 bridgehead atoms. The molecule has 0 aromatic heterocycles. The molecule has 0 aromatic rings. The first-order chi connectivity index (χ1) is 10.1. The van der Waals surface area contributed by atoms with Gasteiger partial charge in [0.2, 0.25) is 5.91 Å². The fraction of sp³-hybridized carbons (Fsp3) is 0.733. The van der Waals surface area contributed by atoms with E-state index < -0.39 is 5.97 Å². The molecule has 0 atom stereocenters. The molecular formula is C15H24N2O4. The minimum absolute atomic E-state index is 0.0497. The number of carboxylic acids is 1. The Morgan fingerprint density at radius 3 is 2.67 bits per heavy atom. The van der Waals surface area contributed by atoms with E-state index in [9.17, 15) is 9.59 Å². The van der Waals surface area contributed by atoms with Gasteiger partial charge in [0.1, 0.15) is 6.61 Å². The van der Waals surface area contributed by atoms with Gasteiger partial charge in [-0.05, 0) is 31.6 Å². The summed E-state index contributed by atoms with van der Waals surface area (Å²) in [6, 6.07) is 0.423. The highest BCUT2D eigenvalue weighted by Crippen LogP contribution is 2.33. The van der Waals surface area contributed by atoms with Crippen LogP contribution < -0.4 is 5.32 Å². The highest BCUT2D eigenvalue weighted by Gasteiger charge is 2.37. The molecule has 2 aliphatic rings. The SMILES string of the molecule is C=CCOCC(=O)NC1CC(N(CC(=O)O)CC2CC2)C1. The first kappa shape index (κ1) is 16.0. The van der Waals surface area contributed by atoms with E-state index in [2.05, 4.69) is 16.8 Å². The number of ether oxygens (including phenoxy) is 1. The molecule has 2 rings (SSSR count). The van der Waals surface area contributed by atoms with Gasteiger partial charge in [-0.3, -0.25) is 14.5 Å². The highest BCUT2D eigenvalue weighted by atomic mass is 16.5. The Bertz CT molecular complexity index is 389. The van der Waals surface area contributed by atoms with Crippen molar-refractivity contribution in [1.29, 1.82) is 0 Å². The van der Waals surface area contributed by atoms with Gasteiger partial charge in [0.25, 0.3) is 0 Å². The molecule has 2 fully saturated rings. The number of carboxylic acid groups (broad SMARTS) is 1. The fourth-order valence-electron chi connectivity index (χ4n) is 2.66. The normalized spacial score (nSPS) is 24.4. The second kappa shape index (κ2) is 7.56. The average molecular weight is 296 g/mol. The second-order valence-electron chi connectivity index (χ2n) is 5.96. The van der Waals surface area contributed by atoms with Crippen LogP contribution in [0, 0.1) is 5.92 Å². The summed E-state index contributed by atoms with van der Waals surface area (Å²) in [6.45, 7) is 4.91. The third kappa shape index (κ3) is 5.47. The number of hydrogen-bond acceptors (Lipinski definition) is 4. The van der Waals surface area contributed by atoms with Gasteiger partial charge in [0.15, 0.2) is 0 Å². The van der Waals surface area contributed by atoms with Crippen LogP contribution in [-0.4, -0.2) is 60.3 Å². The molecule has 0 aliphatic heterocycles. The minimum Gasteiger partial charge on any atom is -0.480 e. The van der Waals surface area contributed by atoms with Crippen molar-refractivity contribution in [3.8, 4) is 0 Å². The van der Waals surface area contributed by atoms with Crippen molar-refractivity contribution in [2.75, 3.05) is 26.3 Å². The van der Waals surface area contributed by atoms with Gasteiger partial charge < -0.3 is 15.2 Å². The Morgan fingerprint density at radius 1 is 1.38 bits per heavy atom. The molecule has 0 unspecified atom stereocenters. The van der Waals surface area contributed by atoms with Crippen LogP contribution >= 0.6 is 0 Å². The second-order valence-corrected chi connectivity index (χ2v) is 5.96. The summed E-state index contributed by atoms with van der Waals surface area (Å²) in [5, 5.41) is 11.9. The van der Waals surface area contributed by atoms with Crippen LogP contribution in [0.4, 0.5) is 0 Å². The van der Waals surface area contributed by atoms with Crippen LogP contribution in [0.2, 0.25) is 0 Å². The predicted molar refractivity (Wildman–Crippen MR) is 77.9 cm³/mol. The number of carbonyl (C=O) groups is 2. The zero-order chi connectivity index (χ0) is 15.2. The van der Waals surface area contributed by atoms with Crippen molar-refractivity contribution in [2.24, 2.45) is 5.92 Å². The predicted octanol–water partition coefficient (Wildman–Crippen LogP) is 0.633. The molecular weight excluding hydrogens is 272 g/mol. The first-order valence-corrected chi connectivity index (χ1v) is 7.52. The van der Waals surface area contributed by atoms with Gasteiger partial charge in [-0.1, -0.05) is 6.08 Å². The standard InChI is InChI=1S/C15H24N2O4/c1-2-5-21-10-14(18)16-12-6-13(7-12)17(9-15(19)20)8-11-3-4-11/h2,11-13H,1,3-10H2,(H,16,18)(H,19,20). The van der Waals surface area contributed by atoms with E-state index in [1.54, 1.807) is 6.08 Å². The van der Waals surface area contributed by atoms with Crippen LogP contribution in [0.15, 0.2) is 12.7 Å². The number of amides is 1. The van der Waals surface area contributed by atoms with E-state index in [0.717, 1.165) is 19.4 Å². The van der Waals surface area contributed by atoms with Crippen LogP contribution in [0.25, 0.3) is 0 Å². The molecule has 0 aromatic carbocycles. The molecule has 0 saturated heterocycles. The van der Waals surface area contributed by atoms with Gasteiger partial charge in [-0.2, -0.15) is 0 Å². The first-order valence-electron chi connectivity index (χ1n) is 7.52. The van der Waals surface area contributed by atoms with E-state index in [-0.39, 0.29) is 31.1 Å². The molecule has 6 heteroatoms. The summed E-state index contributed by atoms with van der Waals surface area (Å²) < 4.78 is 5.08. The van der Waals surface area contributed by atoms with E-state index in [0.29, 0.717) is 12.5 Å². The molecule has 0 spiro atoms. The largest absolute Gasteiger partial charge is 0.480 e. The number of nitrogens with one attached hydrogen (secondary N) is 1. The average Bonchev–Trinajstić information content (AvgIpc) is 3.16. The minimum atomic E-state index is -0.777. The Balaban J connectivity index is 1.66. The van der Waals surface area contributed by atoms with Crippen molar-refractivity contribution in [3.63, 3.8) is 0 Å². The lowest BCUT2D eigenvalue weighted by atomic mass is 9.85. The zero-order valence-electron chi connectivity index (χ0n) is 12.3. The monoisotopic (exact) mass is 296 g/mol. The van der Waals surface area contributed by atoms with Gasteiger partial charge in [0.05, 0.1) is 13.2 Å². The number of nitrogens with zero attached hydrogens (tertiary/aromatic N) is 1. The maximum Gasteiger partial charge on any atom is 0.317 e. The maximum absolute atomic E-state index is 11.6. The fourth-order valence-corrected chi connectivity index (χ4v) is 2.66. The van der Waals surface area contributed by atoms with Crippen molar-refractivity contribution >= 4 is 11.9 Å². The highest BCUT2D eigenvalue weighted by molar-refractivity contribution is 5.77. The summed E-state index contributed by atoms with van der Waals surface area (Å²) in [5.41, 5.74) is 0. The number of carbonyl (C=O) groups excluding carboxylic acids is 1. The summed E-state index contributed by atoms with van der Waals surface area (Å²) in [5.74, 6) is -0.224. The lowest BCUT2D eigenvalue weighted by Crippen LogP contribution is -2.55. The van der Waals surface area contributed by atoms with Gasteiger partial charge >= 0.3 is 5.97 Å². The topological polar surface area (TPSA) is 78.9 Å². The summed E-state index contributed by atoms with van der Waals surface area (Å²) in [6.07, 6.45) is 5.68. The Labute approximate surface area is 125 Å². The Hall–Kier alpha value is -1.40. The lowest BCUT2D eigenvalue weighted by molar-refractivity contribution is -0.140. The van der Waals surface area contributed by atoms with Crippen molar-refractivity contribution in [1.82, 2.24) is 10.2 Å². The van der Waals surface area contributed by atoms with Crippen molar-refractivity contribution in [2.45, 2.75) is 37.8 Å². The van der Waals surface area contributed by atoms with E-state index in [1.165, 1.54) is 12.8 Å². The molecule has 2 saturated carbocycles.